The van der Waals surface area contributed by atoms with E-state index in [9.17, 15) is 9.59 Å². The van der Waals surface area contributed by atoms with Gasteiger partial charge < -0.3 is 19.7 Å². The quantitative estimate of drug-likeness (QED) is 0.282. The molecule has 0 fully saturated rings. The van der Waals surface area contributed by atoms with Gasteiger partial charge in [-0.1, -0.05) is 13.8 Å². The summed E-state index contributed by atoms with van der Waals surface area (Å²) in [6.45, 7) is 3.93. The maximum Gasteiger partial charge on any atom is 0.306 e. The fourth-order valence-electron chi connectivity index (χ4n) is 1.03. The summed E-state index contributed by atoms with van der Waals surface area (Å²) in [5.41, 5.74) is 0. The summed E-state index contributed by atoms with van der Waals surface area (Å²) in [7, 11) is 0. The molecule has 6 nitrogen and oxygen atoms in total. The van der Waals surface area contributed by atoms with Crippen molar-refractivity contribution < 1.29 is 29.3 Å². The van der Waals surface area contributed by atoms with E-state index >= 15 is 0 Å². The number of aliphatic hydroxyl groups excluding tert-OH is 2. The Labute approximate surface area is 137 Å². The minimum absolute atomic E-state index is 0.00259. The molecule has 0 aromatic heterocycles. The highest BCUT2D eigenvalue weighted by molar-refractivity contribution is 7.81. The molecule has 126 valence electrons. The van der Waals surface area contributed by atoms with Crippen LogP contribution in [0.25, 0.3) is 0 Å². The van der Waals surface area contributed by atoms with Gasteiger partial charge in [0.1, 0.15) is 0 Å². The molecule has 0 aliphatic rings. The van der Waals surface area contributed by atoms with Crippen molar-refractivity contribution in [1.82, 2.24) is 0 Å². The molecular weight excluding hydrogens is 316 g/mol. The largest absolute Gasteiger partial charge is 0.466 e. The first-order chi connectivity index (χ1) is 9.83. The molecule has 0 saturated carbocycles. The van der Waals surface area contributed by atoms with Gasteiger partial charge in [0.25, 0.3) is 0 Å². The van der Waals surface area contributed by atoms with Gasteiger partial charge in [-0.25, -0.2) is 0 Å². The van der Waals surface area contributed by atoms with Gasteiger partial charge in [-0.2, -0.15) is 25.3 Å². The highest BCUT2D eigenvalue weighted by atomic mass is 32.1. The van der Waals surface area contributed by atoms with Crippen LogP contribution in [0.15, 0.2) is 0 Å². The first kappa shape index (κ1) is 22.8. The van der Waals surface area contributed by atoms with Crippen molar-refractivity contribution in [3.63, 3.8) is 0 Å². The molecule has 0 amide bonds. The van der Waals surface area contributed by atoms with Crippen molar-refractivity contribution in [3.05, 3.63) is 0 Å². The van der Waals surface area contributed by atoms with Gasteiger partial charge in [0.15, 0.2) is 0 Å². The first-order valence-corrected chi connectivity index (χ1v) is 7.75. The zero-order chi connectivity index (χ0) is 16.7. The number of hydrogen-bond donors (Lipinski definition) is 4. The van der Waals surface area contributed by atoms with Crippen molar-refractivity contribution in [2.75, 3.05) is 26.4 Å². The van der Waals surface area contributed by atoms with Crippen LogP contribution in [0.2, 0.25) is 0 Å². The van der Waals surface area contributed by atoms with Crippen LogP contribution in [0.5, 0.6) is 0 Å². The van der Waals surface area contributed by atoms with Crippen LogP contribution in [-0.2, 0) is 19.1 Å². The van der Waals surface area contributed by atoms with Gasteiger partial charge in [-0.3, -0.25) is 9.59 Å². The zero-order valence-electron chi connectivity index (χ0n) is 12.5. The monoisotopic (exact) mass is 342 g/mol. The maximum absolute atomic E-state index is 11.1. The Hall–Kier alpha value is -0.440. The molecule has 0 heterocycles. The fourth-order valence-corrected chi connectivity index (χ4v) is 1.33. The molecule has 0 aromatic carbocycles. The standard InChI is InChI=1S/C11H20O4S2.C2H6O2/c1-8(16)6-10(12)14-4-3-5-15-11(13)7-9(2)17;3-1-2-4/h8-9,16-17H,3-7H2,1-2H3;3-4H,1-2H2. The van der Waals surface area contributed by atoms with Crippen molar-refractivity contribution in [3.8, 4) is 0 Å². The van der Waals surface area contributed by atoms with Crippen LogP contribution in [0.3, 0.4) is 0 Å². The van der Waals surface area contributed by atoms with Crippen molar-refractivity contribution in [2.24, 2.45) is 0 Å². The lowest BCUT2D eigenvalue weighted by atomic mass is 10.3. The average Bonchev–Trinajstić information content (AvgIpc) is 2.36. The molecule has 21 heavy (non-hydrogen) atoms. The van der Waals surface area contributed by atoms with Crippen molar-refractivity contribution >= 4 is 37.2 Å². The van der Waals surface area contributed by atoms with Gasteiger partial charge in [-0.15, -0.1) is 0 Å². The Morgan fingerprint density at radius 2 is 1.24 bits per heavy atom. The molecule has 0 rings (SSSR count). The lowest BCUT2D eigenvalue weighted by molar-refractivity contribution is -0.146. The molecule has 0 aromatic rings. The molecule has 2 N–H and O–H groups in total. The fraction of sp³-hybridized carbons (Fsp3) is 0.846. The minimum atomic E-state index is -0.275. The molecule has 2 unspecified atom stereocenters. The third kappa shape index (κ3) is 22.0. The van der Waals surface area contributed by atoms with Gasteiger partial charge in [0.2, 0.25) is 0 Å². The van der Waals surface area contributed by atoms with E-state index in [1.807, 2.05) is 13.8 Å². The predicted octanol–water partition coefficient (Wildman–Crippen LogP) is 0.851. The number of rotatable bonds is 9. The smallest absolute Gasteiger partial charge is 0.306 e. The van der Waals surface area contributed by atoms with E-state index in [1.165, 1.54) is 0 Å². The number of thiol groups is 2. The number of esters is 2. The maximum atomic E-state index is 11.1. The van der Waals surface area contributed by atoms with E-state index in [-0.39, 0.29) is 48.9 Å². The van der Waals surface area contributed by atoms with Crippen LogP contribution >= 0.6 is 25.3 Å². The summed E-state index contributed by atoms with van der Waals surface area (Å²) in [6.07, 6.45) is 1.10. The number of hydrogen-bond acceptors (Lipinski definition) is 8. The Morgan fingerprint density at radius 1 is 0.905 bits per heavy atom. The van der Waals surface area contributed by atoms with Gasteiger partial charge in [0.05, 0.1) is 39.3 Å². The molecule has 0 saturated heterocycles. The number of carbonyl (C=O) groups is 2. The second kappa shape index (κ2) is 15.9. The molecule has 0 spiro atoms. The summed E-state index contributed by atoms with van der Waals surface area (Å²) < 4.78 is 9.84. The van der Waals surface area contributed by atoms with E-state index in [1.54, 1.807) is 0 Å². The van der Waals surface area contributed by atoms with Gasteiger partial charge in [-0.05, 0) is 0 Å². The molecule has 0 aliphatic heterocycles. The van der Waals surface area contributed by atoms with Crippen molar-refractivity contribution in [1.29, 1.82) is 0 Å². The number of carbonyl (C=O) groups excluding carboxylic acids is 2. The summed E-state index contributed by atoms with van der Waals surface area (Å²) in [5.74, 6) is -0.550. The van der Waals surface area contributed by atoms with E-state index in [0.29, 0.717) is 19.3 Å². The van der Waals surface area contributed by atoms with E-state index < -0.39 is 0 Å². The summed E-state index contributed by atoms with van der Waals surface area (Å²) in [4.78, 5) is 22.2. The topological polar surface area (TPSA) is 93.1 Å². The highest BCUT2D eigenvalue weighted by Crippen LogP contribution is 2.02. The Kier molecular flexibility index (Phi) is 17.3. The summed E-state index contributed by atoms with van der Waals surface area (Å²) in [6, 6.07) is 0. The lowest BCUT2D eigenvalue weighted by Crippen LogP contribution is -2.14. The molecule has 0 bridgehead atoms. The number of ether oxygens (including phenoxy) is 2. The second-order valence-electron chi connectivity index (χ2n) is 4.35. The van der Waals surface area contributed by atoms with E-state index in [0.717, 1.165) is 0 Å². The van der Waals surface area contributed by atoms with Crippen molar-refractivity contribution in [2.45, 2.75) is 43.6 Å². The summed E-state index contributed by atoms with van der Waals surface area (Å²) >= 11 is 8.16. The Morgan fingerprint density at radius 3 is 1.48 bits per heavy atom. The second-order valence-corrected chi connectivity index (χ2v) is 6.11. The highest BCUT2D eigenvalue weighted by Gasteiger charge is 2.08. The van der Waals surface area contributed by atoms with Gasteiger partial charge >= 0.3 is 11.9 Å². The first-order valence-electron chi connectivity index (χ1n) is 6.72. The number of aliphatic hydroxyl groups is 2. The van der Waals surface area contributed by atoms with Gasteiger partial charge in [0, 0.05) is 16.9 Å². The average molecular weight is 342 g/mol. The molecule has 8 heteroatoms. The molecular formula is C13H26O6S2. The zero-order valence-corrected chi connectivity index (χ0v) is 14.3. The van der Waals surface area contributed by atoms with Crippen LogP contribution in [0.1, 0.15) is 33.1 Å². The minimum Gasteiger partial charge on any atom is -0.466 e. The normalized spacial score (nSPS) is 12.7. The SMILES string of the molecule is CC(S)CC(=O)OCCCOC(=O)CC(C)S.OCCO. The van der Waals surface area contributed by atoms with E-state index in [2.05, 4.69) is 25.3 Å². The molecule has 0 radical (unpaired) electrons. The van der Waals surface area contributed by atoms with Crippen LogP contribution in [0.4, 0.5) is 0 Å². The Bertz CT molecular complexity index is 245. The van der Waals surface area contributed by atoms with E-state index in [4.69, 9.17) is 19.7 Å². The van der Waals surface area contributed by atoms with Crippen LogP contribution in [-0.4, -0.2) is 59.1 Å². The lowest BCUT2D eigenvalue weighted by Gasteiger charge is -2.07. The summed E-state index contributed by atoms with van der Waals surface area (Å²) in [5, 5.41) is 15.2. The van der Waals surface area contributed by atoms with Crippen LogP contribution in [0, 0.1) is 0 Å². The Balaban J connectivity index is 0. The van der Waals surface area contributed by atoms with Crippen LogP contribution < -0.4 is 0 Å². The third-order valence-electron chi connectivity index (χ3n) is 1.84. The molecule has 0 aliphatic carbocycles. The third-order valence-corrected chi connectivity index (χ3v) is 2.20. The predicted molar refractivity (Wildman–Crippen MR) is 86.8 cm³/mol. The molecule has 2 atom stereocenters.